The molecule has 30 heavy (non-hydrogen) atoms. The largest absolute Gasteiger partial charge is 0.490 e. The SMILES string of the molecule is Cc1cc(CN2CC[C@H]3C[C@H](C(=O)NCC4CC4)O[C@H]3C2)no1.O=C(O)C(F)(F)F. The molecular weight excluding hydrogens is 407 g/mol. The highest BCUT2D eigenvalue weighted by Gasteiger charge is 2.42. The summed E-state index contributed by atoms with van der Waals surface area (Å²) in [4.78, 5) is 23.5. The van der Waals surface area contributed by atoms with E-state index in [1.54, 1.807) is 0 Å². The zero-order valence-corrected chi connectivity index (χ0v) is 16.7. The topological polar surface area (TPSA) is 105 Å². The highest BCUT2D eigenvalue weighted by Crippen LogP contribution is 2.34. The highest BCUT2D eigenvalue weighted by molar-refractivity contribution is 5.81. The summed E-state index contributed by atoms with van der Waals surface area (Å²) in [6.45, 7) is 5.44. The summed E-state index contributed by atoms with van der Waals surface area (Å²) in [5.74, 6) is -0.595. The van der Waals surface area contributed by atoms with Crippen LogP contribution >= 0.6 is 0 Å². The number of aryl methyl sites for hydroxylation is 1. The molecule has 0 unspecified atom stereocenters. The maximum absolute atomic E-state index is 12.2. The molecule has 3 heterocycles. The minimum absolute atomic E-state index is 0.0879. The first kappa shape index (κ1) is 22.5. The first-order valence-electron chi connectivity index (χ1n) is 9.99. The minimum atomic E-state index is -5.08. The first-order chi connectivity index (χ1) is 14.1. The van der Waals surface area contributed by atoms with Crippen LogP contribution in [0, 0.1) is 18.8 Å². The van der Waals surface area contributed by atoms with E-state index in [9.17, 15) is 18.0 Å². The van der Waals surface area contributed by atoms with Crippen molar-refractivity contribution in [1.29, 1.82) is 0 Å². The number of amides is 1. The predicted molar refractivity (Wildman–Crippen MR) is 97.3 cm³/mol. The number of carbonyl (C=O) groups excluding carboxylic acids is 1. The fraction of sp³-hybridized carbons (Fsp3) is 0.737. The van der Waals surface area contributed by atoms with Crippen LogP contribution in [0.5, 0.6) is 0 Å². The second-order valence-corrected chi connectivity index (χ2v) is 8.10. The molecule has 1 amide bonds. The molecule has 8 nitrogen and oxygen atoms in total. The lowest BCUT2D eigenvalue weighted by Crippen LogP contribution is -2.42. The number of carboxylic acids is 1. The fourth-order valence-electron chi connectivity index (χ4n) is 3.71. The Morgan fingerprint density at radius 1 is 1.33 bits per heavy atom. The Hall–Kier alpha value is -2.14. The minimum Gasteiger partial charge on any atom is -0.475 e. The van der Waals surface area contributed by atoms with Crippen LogP contribution in [0.15, 0.2) is 10.6 Å². The van der Waals surface area contributed by atoms with Gasteiger partial charge in [-0.15, -0.1) is 0 Å². The van der Waals surface area contributed by atoms with Crippen molar-refractivity contribution >= 4 is 11.9 Å². The molecule has 1 saturated carbocycles. The van der Waals surface area contributed by atoms with Gasteiger partial charge in [-0.3, -0.25) is 9.69 Å². The van der Waals surface area contributed by atoms with Crippen LogP contribution in [0.4, 0.5) is 13.2 Å². The van der Waals surface area contributed by atoms with E-state index >= 15 is 0 Å². The summed E-state index contributed by atoms with van der Waals surface area (Å²) in [5, 5.41) is 14.2. The van der Waals surface area contributed by atoms with Crippen LogP contribution in [0.1, 0.15) is 37.1 Å². The highest BCUT2D eigenvalue weighted by atomic mass is 19.4. The van der Waals surface area contributed by atoms with Crippen molar-refractivity contribution in [2.45, 2.75) is 57.5 Å². The number of nitrogens with one attached hydrogen (secondary N) is 1. The van der Waals surface area contributed by atoms with Gasteiger partial charge in [-0.05, 0) is 51.0 Å². The van der Waals surface area contributed by atoms with E-state index in [4.69, 9.17) is 19.2 Å². The Morgan fingerprint density at radius 2 is 2.03 bits per heavy atom. The molecule has 3 fully saturated rings. The molecule has 4 rings (SSSR count). The number of likely N-dealkylation sites (tertiary alicyclic amines) is 1. The average molecular weight is 433 g/mol. The van der Waals surface area contributed by atoms with Crippen LogP contribution in [-0.4, -0.2) is 65.1 Å². The number of carbonyl (C=O) groups is 2. The van der Waals surface area contributed by atoms with Gasteiger partial charge in [0, 0.05) is 25.7 Å². The van der Waals surface area contributed by atoms with E-state index in [0.29, 0.717) is 11.8 Å². The molecule has 1 aliphatic carbocycles. The van der Waals surface area contributed by atoms with E-state index in [1.165, 1.54) is 12.8 Å². The van der Waals surface area contributed by atoms with Crippen LogP contribution in [0.2, 0.25) is 0 Å². The van der Waals surface area contributed by atoms with E-state index in [0.717, 1.165) is 50.5 Å². The predicted octanol–water partition coefficient (Wildman–Crippen LogP) is 2.12. The summed E-state index contributed by atoms with van der Waals surface area (Å²) in [6, 6.07) is 1.98. The molecular formula is C19H26F3N3O5. The Kier molecular flexibility index (Phi) is 7.02. The molecule has 2 saturated heterocycles. The summed E-state index contributed by atoms with van der Waals surface area (Å²) in [5.41, 5.74) is 0.970. The molecule has 0 radical (unpaired) electrons. The Bertz CT molecular complexity index is 750. The summed E-state index contributed by atoms with van der Waals surface area (Å²) < 4.78 is 42.9. The third-order valence-corrected chi connectivity index (χ3v) is 5.50. The summed E-state index contributed by atoms with van der Waals surface area (Å²) in [7, 11) is 0. The van der Waals surface area contributed by atoms with Gasteiger partial charge in [0.05, 0.1) is 11.8 Å². The lowest BCUT2D eigenvalue weighted by atomic mass is 9.91. The number of fused-ring (bicyclic) bond motifs is 1. The number of aliphatic carboxylic acids is 1. The number of hydrogen-bond acceptors (Lipinski definition) is 6. The molecule has 3 aliphatic rings. The number of alkyl halides is 3. The molecule has 2 N–H and O–H groups in total. The second kappa shape index (κ2) is 9.34. The van der Waals surface area contributed by atoms with Crippen molar-refractivity contribution < 1.29 is 37.1 Å². The molecule has 11 heteroatoms. The first-order valence-corrected chi connectivity index (χ1v) is 9.99. The molecule has 0 bridgehead atoms. The van der Waals surface area contributed by atoms with Crippen LogP contribution < -0.4 is 5.32 Å². The van der Waals surface area contributed by atoms with Gasteiger partial charge in [0.1, 0.15) is 11.9 Å². The van der Waals surface area contributed by atoms with Gasteiger partial charge in [0.15, 0.2) is 0 Å². The maximum Gasteiger partial charge on any atom is 0.490 e. The number of nitrogens with zero attached hydrogens (tertiary/aromatic N) is 2. The van der Waals surface area contributed by atoms with Gasteiger partial charge >= 0.3 is 12.1 Å². The molecule has 168 valence electrons. The number of rotatable bonds is 5. The van der Waals surface area contributed by atoms with Gasteiger partial charge in [0.25, 0.3) is 0 Å². The lowest BCUT2D eigenvalue weighted by Gasteiger charge is -2.33. The molecule has 0 aromatic carbocycles. The van der Waals surface area contributed by atoms with Gasteiger partial charge in [-0.25, -0.2) is 4.79 Å². The van der Waals surface area contributed by atoms with E-state index in [1.807, 2.05) is 13.0 Å². The van der Waals surface area contributed by atoms with Crippen LogP contribution in [0.3, 0.4) is 0 Å². The van der Waals surface area contributed by atoms with Crippen LogP contribution in [0.25, 0.3) is 0 Å². The summed E-state index contributed by atoms with van der Waals surface area (Å²) in [6.07, 6.45) is -0.682. The number of aromatic nitrogens is 1. The Balaban J connectivity index is 0.000000318. The smallest absolute Gasteiger partial charge is 0.475 e. The van der Waals surface area contributed by atoms with Crippen molar-refractivity contribution in [3.63, 3.8) is 0 Å². The van der Waals surface area contributed by atoms with Crippen molar-refractivity contribution in [3.8, 4) is 0 Å². The third-order valence-electron chi connectivity index (χ3n) is 5.50. The average Bonchev–Trinajstić information content (AvgIpc) is 3.26. The van der Waals surface area contributed by atoms with Gasteiger partial charge in [-0.1, -0.05) is 5.16 Å². The second-order valence-electron chi connectivity index (χ2n) is 8.10. The van der Waals surface area contributed by atoms with Gasteiger partial charge in [-0.2, -0.15) is 13.2 Å². The Morgan fingerprint density at radius 3 is 2.60 bits per heavy atom. The normalized spacial score (nSPS) is 26.5. The monoisotopic (exact) mass is 433 g/mol. The molecule has 0 spiro atoms. The lowest BCUT2D eigenvalue weighted by molar-refractivity contribution is -0.192. The molecule has 1 aromatic heterocycles. The Labute approximate surface area is 171 Å². The van der Waals surface area contributed by atoms with E-state index in [-0.39, 0.29) is 18.1 Å². The standard InChI is InChI=1S/C17H25N3O3.C2HF3O2/c1-11-6-14(19-23-11)9-20-5-4-13-7-15(22-16(13)10-20)17(21)18-8-12-2-3-12;3-2(4,5)1(6)7/h6,12-13,15-16H,2-5,7-10H2,1H3,(H,18,21);(H,6,7)/t13-,15+,16-;/m0./s1. The molecule has 3 atom stereocenters. The summed E-state index contributed by atoms with van der Waals surface area (Å²) >= 11 is 0. The van der Waals surface area contributed by atoms with Crippen LogP contribution in [-0.2, 0) is 20.9 Å². The maximum atomic E-state index is 12.2. The molecule has 2 aliphatic heterocycles. The number of piperidine rings is 1. The zero-order chi connectivity index (χ0) is 21.9. The number of carboxylic acid groups (broad SMARTS) is 1. The fourth-order valence-corrected chi connectivity index (χ4v) is 3.71. The zero-order valence-electron chi connectivity index (χ0n) is 16.7. The number of halogens is 3. The van der Waals surface area contributed by atoms with Crippen molar-refractivity contribution in [2.24, 2.45) is 11.8 Å². The molecule has 1 aromatic rings. The quantitative estimate of drug-likeness (QED) is 0.733. The van der Waals surface area contributed by atoms with Crippen molar-refractivity contribution in [2.75, 3.05) is 19.6 Å². The van der Waals surface area contributed by atoms with Crippen molar-refractivity contribution in [3.05, 3.63) is 17.5 Å². The number of hydrogen-bond donors (Lipinski definition) is 2. The number of ether oxygens (including phenoxy) is 1. The van der Waals surface area contributed by atoms with E-state index in [2.05, 4.69) is 15.4 Å². The van der Waals surface area contributed by atoms with Gasteiger partial charge < -0.3 is 19.7 Å². The van der Waals surface area contributed by atoms with E-state index < -0.39 is 12.1 Å². The van der Waals surface area contributed by atoms with Gasteiger partial charge in [0.2, 0.25) is 5.91 Å². The van der Waals surface area contributed by atoms with Crippen molar-refractivity contribution in [1.82, 2.24) is 15.4 Å². The third kappa shape index (κ3) is 6.43.